The number of nitrogens with one attached hydrogen (secondary N) is 1. The van der Waals surface area contributed by atoms with Crippen molar-refractivity contribution in [3.8, 4) is 11.4 Å². The second-order valence-corrected chi connectivity index (χ2v) is 7.92. The first-order valence-corrected chi connectivity index (χ1v) is 10.9. The smallest absolute Gasteiger partial charge is 0.229 e. The van der Waals surface area contributed by atoms with Crippen LogP contribution in [0.5, 0.6) is 5.75 Å². The summed E-state index contributed by atoms with van der Waals surface area (Å²) in [7, 11) is 0. The topological polar surface area (TPSA) is 94.8 Å². The fraction of sp³-hybridized carbons (Fsp3) is 0.292. The largest absolute Gasteiger partial charge is 0.494 e. The minimum atomic E-state index is 0.307. The van der Waals surface area contributed by atoms with Gasteiger partial charge in [0.25, 0.3) is 0 Å². The number of carbonyl (C=O) groups is 1. The fourth-order valence-corrected chi connectivity index (χ4v) is 3.77. The number of ketones is 1. The molecule has 4 aromatic rings. The number of carbonyl (C=O) groups excluding carboxylic acids is 1. The SMILES string of the molecule is O=C1CCCCc2ccc(cc2)Nc2ncc3nnn(c3n2)-c2ccc(cc2)OCCC1. The van der Waals surface area contributed by atoms with E-state index in [1.54, 1.807) is 10.9 Å². The van der Waals surface area contributed by atoms with Crippen molar-refractivity contribution in [3.05, 3.63) is 60.3 Å². The first-order valence-electron chi connectivity index (χ1n) is 10.9. The number of nitrogens with zero attached hydrogens (tertiary/aromatic N) is 5. The van der Waals surface area contributed by atoms with Gasteiger partial charge >= 0.3 is 0 Å². The van der Waals surface area contributed by atoms with Crippen LogP contribution in [-0.2, 0) is 11.2 Å². The van der Waals surface area contributed by atoms with Crippen molar-refractivity contribution < 1.29 is 9.53 Å². The van der Waals surface area contributed by atoms with Gasteiger partial charge in [-0.3, -0.25) is 4.79 Å². The van der Waals surface area contributed by atoms with E-state index >= 15 is 0 Å². The van der Waals surface area contributed by atoms with Gasteiger partial charge < -0.3 is 10.1 Å². The van der Waals surface area contributed by atoms with Crippen molar-refractivity contribution >= 4 is 28.6 Å². The highest BCUT2D eigenvalue weighted by Gasteiger charge is 2.11. The van der Waals surface area contributed by atoms with E-state index in [-0.39, 0.29) is 0 Å². The Morgan fingerprint density at radius 1 is 0.906 bits per heavy atom. The lowest BCUT2D eigenvalue weighted by atomic mass is 10.0. The zero-order valence-electron chi connectivity index (χ0n) is 17.7. The molecule has 8 rings (SSSR count). The predicted molar refractivity (Wildman–Crippen MR) is 121 cm³/mol. The fourth-order valence-electron chi connectivity index (χ4n) is 3.77. The first kappa shape index (κ1) is 20.1. The highest BCUT2D eigenvalue weighted by molar-refractivity contribution is 5.78. The number of hydrogen-bond donors (Lipinski definition) is 1. The Labute approximate surface area is 185 Å². The molecule has 162 valence electrons. The Kier molecular flexibility index (Phi) is 5.74. The summed E-state index contributed by atoms with van der Waals surface area (Å²) < 4.78 is 7.48. The third-order valence-corrected chi connectivity index (χ3v) is 5.52. The number of hydrogen-bond acceptors (Lipinski definition) is 7. The van der Waals surface area contributed by atoms with Gasteiger partial charge in [-0.15, -0.1) is 5.10 Å². The number of ether oxygens (including phenoxy) is 1. The minimum Gasteiger partial charge on any atom is -0.494 e. The van der Waals surface area contributed by atoms with Crippen molar-refractivity contribution in [2.24, 2.45) is 0 Å². The number of benzene rings is 2. The Bertz CT molecular complexity index is 1220. The molecule has 0 spiro atoms. The first-order chi connectivity index (χ1) is 15.7. The van der Waals surface area contributed by atoms with Crippen LogP contribution in [0.15, 0.2) is 54.7 Å². The standard InChI is InChI=1S/C24H24N6O2/c31-20-5-2-1-4-17-7-9-18(10-8-17)26-24-25-16-22-23(27-24)30(29-28-22)19-11-13-21(14-12-19)32-15-3-6-20/h7-14,16H,1-6,15H2,(H,25,26,27). The van der Waals surface area contributed by atoms with Crippen LogP contribution in [0, 0.1) is 0 Å². The summed E-state index contributed by atoms with van der Waals surface area (Å²) in [6.45, 7) is 0.520. The lowest BCUT2D eigenvalue weighted by molar-refractivity contribution is -0.119. The molecule has 2 aromatic carbocycles. The molecule has 1 N–H and O–H groups in total. The van der Waals surface area contributed by atoms with Crippen LogP contribution in [0.25, 0.3) is 16.9 Å². The molecule has 8 heteroatoms. The van der Waals surface area contributed by atoms with Crippen LogP contribution in [0.1, 0.15) is 37.7 Å². The van der Waals surface area contributed by atoms with E-state index in [0.29, 0.717) is 42.3 Å². The van der Waals surface area contributed by atoms with E-state index in [1.165, 1.54) is 5.56 Å². The van der Waals surface area contributed by atoms with Gasteiger partial charge in [0.1, 0.15) is 11.5 Å². The molecule has 0 amide bonds. The number of aryl methyl sites for hydroxylation is 1. The van der Waals surface area contributed by atoms with Gasteiger partial charge in [0.15, 0.2) is 11.2 Å². The Hall–Kier alpha value is -3.81. The quantitative estimate of drug-likeness (QED) is 0.443. The van der Waals surface area contributed by atoms with Gasteiger partial charge in [0, 0.05) is 18.5 Å². The summed E-state index contributed by atoms with van der Waals surface area (Å²) in [6.07, 6.45) is 6.45. The molecule has 8 nitrogen and oxygen atoms in total. The van der Waals surface area contributed by atoms with Gasteiger partial charge in [0.2, 0.25) is 5.95 Å². The molecule has 4 aliphatic heterocycles. The monoisotopic (exact) mass is 428 g/mol. The number of rotatable bonds is 0. The highest BCUT2D eigenvalue weighted by atomic mass is 16.5. The molecule has 2 aromatic heterocycles. The molecule has 32 heavy (non-hydrogen) atoms. The average Bonchev–Trinajstić information content (AvgIpc) is 3.24. The van der Waals surface area contributed by atoms with Gasteiger partial charge in [-0.2, -0.15) is 9.67 Å². The highest BCUT2D eigenvalue weighted by Crippen LogP contribution is 2.21. The Morgan fingerprint density at radius 3 is 2.53 bits per heavy atom. The molecule has 6 bridgehead atoms. The molecule has 6 heterocycles. The van der Waals surface area contributed by atoms with E-state index in [9.17, 15) is 4.79 Å². The van der Waals surface area contributed by atoms with Gasteiger partial charge in [0.05, 0.1) is 18.5 Å². The number of anilines is 2. The summed E-state index contributed by atoms with van der Waals surface area (Å²) in [5.41, 5.74) is 4.22. The van der Waals surface area contributed by atoms with Crippen LogP contribution in [-0.4, -0.2) is 37.4 Å². The second kappa shape index (κ2) is 9.13. The summed E-state index contributed by atoms with van der Waals surface area (Å²) in [5.74, 6) is 1.55. The number of aromatic nitrogens is 5. The Morgan fingerprint density at radius 2 is 1.69 bits per heavy atom. The van der Waals surface area contributed by atoms with Gasteiger partial charge in [-0.05, 0) is 67.6 Å². The van der Waals surface area contributed by atoms with E-state index in [1.807, 2.05) is 36.4 Å². The zero-order chi connectivity index (χ0) is 21.8. The van der Waals surface area contributed by atoms with Crippen LogP contribution >= 0.6 is 0 Å². The number of Topliss-reactive ketones (excluding diaryl/α,β-unsaturated/α-hetero) is 1. The molecule has 0 saturated carbocycles. The van der Waals surface area contributed by atoms with Gasteiger partial charge in [-0.25, -0.2) is 4.98 Å². The minimum absolute atomic E-state index is 0.307. The second-order valence-electron chi connectivity index (χ2n) is 7.92. The van der Waals surface area contributed by atoms with Crippen molar-refractivity contribution in [1.29, 1.82) is 0 Å². The van der Waals surface area contributed by atoms with Crippen LogP contribution < -0.4 is 10.1 Å². The zero-order valence-corrected chi connectivity index (χ0v) is 17.7. The molecule has 0 saturated heterocycles. The summed E-state index contributed by atoms with van der Waals surface area (Å²) in [6, 6.07) is 15.8. The normalized spacial score (nSPS) is 15.2. The third kappa shape index (κ3) is 4.59. The molecule has 4 aliphatic rings. The molecule has 0 fully saturated rings. The Balaban J connectivity index is 1.44. The van der Waals surface area contributed by atoms with E-state index in [2.05, 4.69) is 37.7 Å². The van der Waals surface area contributed by atoms with E-state index in [4.69, 9.17) is 4.74 Å². The van der Waals surface area contributed by atoms with Crippen LogP contribution in [0.3, 0.4) is 0 Å². The maximum atomic E-state index is 12.1. The molecule has 0 radical (unpaired) electrons. The van der Waals surface area contributed by atoms with Crippen LogP contribution in [0.4, 0.5) is 11.6 Å². The summed E-state index contributed by atoms with van der Waals surface area (Å²) in [4.78, 5) is 21.1. The average molecular weight is 428 g/mol. The van der Waals surface area contributed by atoms with Crippen molar-refractivity contribution in [2.45, 2.75) is 38.5 Å². The third-order valence-electron chi connectivity index (χ3n) is 5.52. The molecular weight excluding hydrogens is 404 g/mol. The summed E-state index contributed by atoms with van der Waals surface area (Å²) >= 11 is 0. The molecule has 0 unspecified atom stereocenters. The van der Waals surface area contributed by atoms with Crippen molar-refractivity contribution in [2.75, 3.05) is 11.9 Å². The van der Waals surface area contributed by atoms with E-state index in [0.717, 1.165) is 42.8 Å². The van der Waals surface area contributed by atoms with Crippen molar-refractivity contribution in [3.63, 3.8) is 0 Å². The maximum absolute atomic E-state index is 12.1. The predicted octanol–water partition coefficient (Wildman–Crippen LogP) is 4.41. The molecule has 0 atom stereocenters. The lowest BCUT2D eigenvalue weighted by Crippen LogP contribution is -2.04. The molecule has 0 aliphatic carbocycles. The van der Waals surface area contributed by atoms with Gasteiger partial charge in [-0.1, -0.05) is 17.3 Å². The molecular formula is C24H24N6O2. The van der Waals surface area contributed by atoms with E-state index < -0.39 is 0 Å². The maximum Gasteiger partial charge on any atom is 0.229 e. The summed E-state index contributed by atoms with van der Waals surface area (Å²) in [5, 5.41) is 11.7. The lowest BCUT2D eigenvalue weighted by Gasteiger charge is -2.09. The van der Waals surface area contributed by atoms with Crippen molar-refractivity contribution in [1.82, 2.24) is 25.0 Å². The van der Waals surface area contributed by atoms with Crippen LogP contribution in [0.2, 0.25) is 0 Å².